The number of thiophene rings is 1. The van der Waals surface area contributed by atoms with Crippen molar-refractivity contribution in [1.82, 2.24) is 0 Å². The Morgan fingerprint density at radius 1 is 1.36 bits per heavy atom. The largest absolute Gasteiger partial charge is 0.481 e. The first kappa shape index (κ1) is 19.2. The highest BCUT2D eigenvalue weighted by molar-refractivity contribution is 7.12. The standard InChI is InChI=1S/C24H26O3S/c1-14-12-18-13-19-23(22(14)18)15(2)28-24(19)20(27-3)10-8-16-4-6-17(7-5-16)9-11-21(25)26/h4-8,10,18,20,22H,1,9,11-13H2,2-3H3,(H,25,26)/b10-8+/t18-,20?,22-/m1/s1. The van der Waals surface area contributed by atoms with Crippen LogP contribution < -0.4 is 0 Å². The number of carboxylic acid groups (broad SMARTS) is 1. The first-order valence-corrected chi connectivity index (χ1v) is 10.6. The van der Waals surface area contributed by atoms with Crippen molar-refractivity contribution in [1.29, 1.82) is 0 Å². The molecule has 4 rings (SSSR count). The monoisotopic (exact) mass is 394 g/mol. The smallest absolute Gasteiger partial charge is 0.303 e. The zero-order chi connectivity index (χ0) is 19.8. The van der Waals surface area contributed by atoms with Crippen molar-refractivity contribution < 1.29 is 14.6 Å². The van der Waals surface area contributed by atoms with Crippen molar-refractivity contribution in [2.75, 3.05) is 7.11 Å². The Hall–Kier alpha value is -2.17. The summed E-state index contributed by atoms with van der Waals surface area (Å²) in [5.74, 6) is 0.575. The lowest BCUT2D eigenvalue weighted by Gasteiger charge is -2.34. The summed E-state index contributed by atoms with van der Waals surface area (Å²) >= 11 is 1.87. The normalized spacial score (nSPS) is 21.4. The minimum Gasteiger partial charge on any atom is -0.481 e. The Morgan fingerprint density at radius 3 is 2.75 bits per heavy atom. The van der Waals surface area contributed by atoms with Gasteiger partial charge in [-0.1, -0.05) is 48.6 Å². The fraction of sp³-hybridized carbons (Fsp3) is 0.375. The number of carbonyl (C=O) groups is 1. The third-order valence-corrected chi connectivity index (χ3v) is 7.29. The van der Waals surface area contributed by atoms with Crippen LogP contribution in [0.2, 0.25) is 0 Å². The molecule has 0 bridgehead atoms. The molecule has 1 heterocycles. The molecule has 2 aliphatic rings. The van der Waals surface area contributed by atoms with Crippen LogP contribution in [0.1, 0.15) is 56.9 Å². The van der Waals surface area contributed by atoms with Crippen LogP contribution in [0.15, 0.2) is 42.5 Å². The lowest BCUT2D eigenvalue weighted by Crippen LogP contribution is -2.22. The van der Waals surface area contributed by atoms with Crippen molar-refractivity contribution in [2.24, 2.45) is 5.92 Å². The van der Waals surface area contributed by atoms with Gasteiger partial charge in [0, 0.05) is 29.2 Å². The molecule has 1 saturated carbocycles. The Bertz CT molecular complexity index is 936. The van der Waals surface area contributed by atoms with Gasteiger partial charge in [0.05, 0.1) is 0 Å². The number of methoxy groups -OCH3 is 1. The van der Waals surface area contributed by atoms with Gasteiger partial charge in [-0.3, -0.25) is 4.79 Å². The molecule has 0 amide bonds. The number of ether oxygens (including phenoxy) is 1. The summed E-state index contributed by atoms with van der Waals surface area (Å²) in [4.78, 5) is 13.5. The zero-order valence-electron chi connectivity index (χ0n) is 16.4. The molecule has 1 unspecified atom stereocenters. The lowest BCUT2D eigenvalue weighted by atomic mass is 9.70. The van der Waals surface area contributed by atoms with Gasteiger partial charge in [0.25, 0.3) is 0 Å². The second-order valence-corrected chi connectivity index (χ2v) is 9.13. The molecular weight excluding hydrogens is 368 g/mol. The summed E-state index contributed by atoms with van der Waals surface area (Å²) in [6, 6.07) is 8.07. The molecule has 2 aromatic rings. The predicted octanol–water partition coefficient (Wildman–Crippen LogP) is 5.69. The highest BCUT2D eigenvalue weighted by atomic mass is 32.1. The van der Waals surface area contributed by atoms with E-state index in [1.54, 1.807) is 7.11 Å². The van der Waals surface area contributed by atoms with Crippen molar-refractivity contribution in [2.45, 2.75) is 44.6 Å². The molecule has 146 valence electrons. The number of fused-ring (bicyclic) bond motifs is 3. The maximum Gasteiger partial charge on any atom is 0.303 e. The summed E-state index contributed by atoms with van der Waals surface area (Å²) < 4.78 is 5.84. The summed E-state index contributed by atoms with van der Waals surface area (Å²) in [5, 5.41) is 8.80. The quantitative estimate of drug-likeness (QED) is 0.614. The average Bonchev–Trinajstić information content (AvgIpc) is 3.14. The zero-order valence-corrected chi connectivity index (χ0v) is 17.2. The molecule has 4 heteroatoms. The van der Waals surface area contributed by atoms with Gasteiger partial charge >= 0.3 is 5.97 Å². The SMILES string of the molecule is C=C1C[C@@H]2Cc3c(C(/C=C/c4ccc(CCC(=O)O)cc4)OC)sc(C)c3[C@H]12. The number of rotatable bonds is 7. The number of allylic oxidation sites excluding steroid dienone is 1. The van der Waals surface area contributed by atoms with E-state index in [1.807, 2.05) is 35.6 Å². The van der Waals surface area contributed by atoms with Crippen LogP contribution in [0.3, 0.4) is 0 Å². The van der Waals surface area contributed by atoms with E-state index in [9.17, 15) is 4.79 Å². The van der Waals surface area contributed by atoms with Crippen LogP contribution in [0.25, 0.3) is 6.08 Å². The molecule has 28 heavy (non-hydrogen) atoms. The fourth-order valence-electron chi connectivity index (χ4n) is 4.64. The molecule has 1 aromatic heterocycles. The van der Waals surface area contributed by atoms with Gasteiger partial charge in [-0.15, -0.1) is 11.3 Å². The van der Waals surface area contributed by atoms with Crippen molar-refractivity contribution in [3.63, 3.8) is 0 Å². The first-order chi connectivity index (χ1) is 13.5. The third kappa shape index (κ3) is 3.47. The minimum atomic E-state index is -0.761. The molecule has 3 atom stereocenters. The molecule has 1 aromatic carbocycles. The van der Waals surface area contributed by atoms with Crippen LogP contribution in [-0.2, 0) is 22.4 Å². The Labute approximate surface area is 170 Å². The van der Waals surface area contributed by atoms with Gasteiger partial charge in [-0.05, 0) is 54.4 Å². The van der Waals surface area contributed by atoms with Crippen LogP contribution in [0, 0.1) is 12.8 Å². The van der Waals surface area contributed by atoms with E-state index in [1.165, 1.54) is 32.9 Å². The van der Waals surface area contributed by atoms with E-state index in [0.717, 1.165) is 23.5 Å². The molecule has 1 N–H and O–H groups in total. The lowest BCUT2D eigenvalue weighted by molar-refractivity contribution is -0.136. The number of hydrogen-bond donors (Lipinski definition) is 1. The number of aliphatic carboxylic acids is 1. The maximum absolute atomic E-state index is 10.7. The fourth-order valence-corrected chi connectivity index (χ4v) is 5.94. The van der Waals surface area contributed by atoms with Gasteiger partial charge in [0.15, 0.2) is 0 Å². The molecular formula is C24H26O3S. The molecule has 0 aliphatic heterocycles. The second-order valence-electron chi connectivity index (χ2n) is 7.87. The minimum absolute atomic E-state index is 0.0371. The summed E-state index contributed by atoms with van der Waals surface area (Å²) in [6.07, 6.45) is 7.25. The van der Waals surface area contributed by atoms with Crippen LogP contribution >= 0.6 is 11.3 Å². The summed E-state index contributed by atoms with van der Waals surface area (Å²) in [7, 11) is 1.77. The Balaban J connectivity index is 1.51. The molecule has 3 nitrogen and oxygen atoms in total. The molecule has 2 aliphatic carbocycles. The first-order valence-electron chi connectivity index (χ1n) is 9.79. The number of aryl methyl sites for hydroxylation is 2. The van der Waals surface area contributed by atoms with E-state index in [-0.39, 0.29) is 12.5 Å². The highest BCUT2D eigenvalue weighted by Gasteiger charge is 2.45. The second kappa shape index (κ2) is 7.69. The molecule has 1 fully saturated rings. The van der Waals surface area contributed by atoms with Crippen molar-refractivity contribution in [3.8, 4) is 0 Å². The predicted molar refractivity (Wildman–Crippen MR) is 114 cm³/mol. The topological polar surface area (TPSA) is 46.5 Å². The van der Waals surface area contributed by atoms with E-state index < -0.39 is 5.97 Å². The van der Waals surface area contributed by atoms with Crippen molar-refractivity contribution >= 4 is 23.4 Å². The average molecular weight is 395 g/mol. The van der Waals surface area contributed by atoms with Gasteiger partial charge in [-0.2, -0.15) is 0 Å². The van der Waals surface area contributed by atoms with Crippen LogP contribution in [0.4, 0.5) is 0 Å². The third-order valence-electron chi connectivity index (χ3n) is 6.06. The molecule has 0 spiro atoms. The summed E-state index contributed by atoms with van der Waals surface area (Å²) in [6.45, 7) is 6.48. The number of carboxylic acids is 1. The maximum atomic E-state index is 10.7. The van der Waals surface area contributed by atoms with E-state index in [0.29, 0.717) is 12.3 Å². The van der Waals surface area contributed by atoms with Crippen molar-refractivity contribution in [3.05, 3.63) is 74.5 Å². The Kier molecular flexibility index (Phi) is 5.26. The van der Waals surface area contributed by atoms with E-state index in [4.69, 9.17) is 9.84 Å². The molecule has 0 saturated heterocycles. The van der Waals surface area contributed by atoms with Gasteiger partial charge < -0.3 is 9.84 Å². The van der Waals surface area contributed by atoms with Gasteiger partial charge in [0.2, 0.25) is 0 Å². The van der Waals surface area contributed by atoms with Crippen LogP contribution in [0.5, 0.6) is 0 Å². The van der Waals surface area contributed by atoms with E-state index in [2.05, 4.69) is 25.7 Å². The Morgan fingerprint density at radius 2 is 2.11 bits per heavy atom. The molecule has 0 radical (unpaired) electrons. The number of hydrogen-bond acceptors (Lipinski definition) is 3. The van der Waals surface area contributed by atoms with Gasteiger partial charge in [0.1, 0.15) is 6.10 Å². The van der Waals surface area contributed by atoms with Crippen LogP contribution in [-0.4, -0.2) is 18.2 Å². The van der Waals surface area contributed by atoms with Gasteiger partial charge in [-0.25, -0.2) is 0 Å². The number of benzene rings is 1. The van der Waals surface area contributed by atoms with E-state index >= 15 is 0 Å². The highest BCUT2D eigenvalue weighted by Crippen LogP contribution is 2.58. The summed E-state index contributed by atoms with van der Waals surface area (Å²) in [5.41, 5.74) is 6.56.